The number of aromatic nitrogens is 4. The lowest BCUT2D eigenvalue weighted by atomic mass is 10.1. The van der Waals surface area contributed by atoms with Gasteiger partial charge in [0.15, 0.2) is 0 Å². The van der Waals surface area contributed by atoms with Gasteiger partial charge in [0.05, 0.1) is 30.3 Å². The molecule has 8 heteroatoms. The van der Waals surface area contributed by atoms with Crippen LogP contribution in [0.1, 0.15) is 47.0 Å². The van der Waals surface area contributed by atoms with Crippen molar-refractivity contribution in [3.8, 4) is 0 Å². The molecule has 3 heterocycles. The minimum absolute atomic E-state index is 0.0806. The van der Waals surface area contributed by atoms with Crippen LogP contribution < -0.4 is 5.32 Å². The van der Waals surface area contributed by atoms with Crippen molar-refractivity contribution in [1.29, 1.82) is 0 Å². The third kappa shape index (κ3) is 3.58. The molecule has 0 spiro atoms. The van der Waals surface area contributed by atoms with Gasteiger partial charge in [-0.3, -0.25) is 14.6 Å². The lowest BCUT2D eigenvalue weighted by molar-refractivity contribution is -0.119. The van der Waals surface area contributed by atoms with E-state index in [1.807, 2.05) is 6.92 Å². The quantitative estimate of drug-likeness (QED) is 0.863. The van der Waals surface area contributed by atoms with E-state index in [4.69, 9.17) is 0 Å². The molecule has 0 bridgehead atoms. The minimum atomic E-state index is -0.102. The van der Waals surface area contributed by atoms with Gasteiger partial charge in [0.1, 0.15) is 11.5 Å². The van der Waals surface area contributed by atoms with E-state index in [0.717, 1.165) is 23.6 Å². The molecule has 0 aliphatic carbocycles. The Morgan fingerprint density at radius 1 is 1.29 bits per heavy atom. The van der Waals surface area contributed by atoms with Gasteiger partial charge >= 0.3 is 0 Å². The molecule has 0 radical (unpaired) electrons. The number of H-pyrrole nitrogens is 1. The predicted octanol–water partition coefficient (Wildman–Crippen LogP) is 0.774. The van der Waals surface area contributed by atoms with E-state index >= 15 is 0 Å². The van der Waals surface area contributed by atoms with Crippen LogP contribution in [0.4, 0.5) is 0 Å². The molecule has 8 nitrogen and oxygen atoms in total. The monoisotopic (exact) mass is 328 g/mol. The molecule has 1 unspecified atom stereocenters. The summed E-state index contributed by atoms with van der Waals surface area (Å²) in [4.78, 5) is 41.1. The van der Waals surface area contributed by atoms with E-state index < -0.39 is 0 Å². The first kappa shape index (κ1) is 16.1. The van der Waals surface area contributed by atoms with E-state index in [0.29, 0.717) is 25.3 Å². The van der Waals surface area contributed by atoms with Crippen LogP contribution in [0.15, 0.2) is 18.6 Å². The first-order valence-corrected chi connectivity index (χ1v) is 7.89. The predicted molar refractivity (Wildman–Crippen MR) is 86.1 cm³/mol. The zero-order valence-electron chi connectivity index (χ0n) is 13.7. The van der Waals surface area contributed by atoms with Crippen molar-refractivity contribution >= 4 is 11.8 Å². The fourth-order valence-corrected chi connectivity index (χ4v) is 2.73. The highest BCUT2D eigenvalue weighted by atomic mass is 16.2. The molecular weight excluding hydrogens is 308 g/mol. The van der Waals surface area contributed by atoms with Crippen LogP contribution in [0.25, 0.3) is 0 Å². The molecular formula is C16H20N6O2. The second-order valence-corrected chi connectivity index (χ2v) is 5.98. The van der Waals surface area contributed by atoms with Gasteiger partial charge in [-0.1, -0.05) is 0 Å². The van der Waals surface area contributed by atoms with Crippen molar-refractivity contribution in [1.82, 2.24) is 30.2 Å². The van der Waals surface area contributed by atoms with Crippen molar-refractivity contribution in [3.63, 3.8) is 0 Å². The number of imidazole rings is 1. The number of carbonyl (C=O) groups is 2. The van der Waals surface area contributed by atoms with Gasteiger partial charge in [-0.25, -0.2) is 9.97 Å². The molecule has 2 aromatic rings. The number of hydrogen-bond acceptors (Lipinski definition) is 5. The number of carbonyl (C=O) groups excluding carboxylic acids is 2. The van der Waals surface area contributed by atoms with Crippen LogP contribution >= 0.6 is 0 Å². The highest BCUT2D eigenvalue weighted by Gasteiger charge is 2.30. The number of aryl methyl sites for hydroxylation is 1. The van der Waals surface area contributed by atoms with Crippen LogP contribution in [0, 0.1) is 6.92 Å². The fourth-order valence-electron chi connectivity index (χ4n) is 2.73. The van der Waals surface area contributed by atoms with Crippen molar-refractivity contribution in [2.45, 2.75) is 32.7 Å². The Balaban J connectivity index is 1.61. The van der Waals surface area contributed by atoms with Crippen LogP contribution in [-0.4, -0.2) is 49.7 Å². The molecule has 0 saturated carbocycles. The van der Waals surface area contributed by atoms with Crippen LogP contribution in [0.2, 0.25) is 0 Å². The molecule has 24 heavy (non-hydrogen) atoms. The number of nitrogens with one attached hydrogen (secondary N) is 2. The molecule has 1 saturated heterocycles. The summed E-state index contributed by atoms with van der Waals surface area (Å²) in [5, 5.41) is 2.73. The molecule has 2 amide bonds. The molecule has 3 rings (SSSR count). The number of aromatic amines is 1. The maximum Gasteiger partial charge on any atom is 0.274 e. The minimum Gasteiger partial charge on any atom is -0.351 e. The molecule has 1 aliphatic heterocycles. The first-order chi connectivity index (χ1) is 11.5. The summed E-state index contributed by atoms with van der Waals surface area (Å²) in [5.74, 6) is 0.831. The summed E-state index contributed by atoms with van der Waals surface area (Å²) >= 11 is 0. The average molecular weight is 328 g/mol. The third-order valence-electron chi connectivity index (χ3n) is 4.04. The van der Waals surface area contributed by atoms with Crippen molar-refractivity contribution in [2.24, 2.45) is 0 Å². The van der Waals surface area contributed by atoms with Gasteiger partial charge in [0, 0.05) is 32.1 Å². The van der Waals surface area contributed by atoms with Crippen LogP contribution in [-0.2, 0) is 11.3 Å². The third-order valence-corrected chi connectivity index (χ3v) is 4.04. The molecule has 126 valence electrons. The smallest absolute Gasteiger partial charge is 0.274 e. The molecule has 1 atom stereocenters. The molecule has 1 aliphatic rings. The Kier molecular flexibility index (Phi) is 4.54. The van der Waals surface area contributed by atoms with Gasteiger partial charge in [-0.05, 0) is 13.3 Å². The Labute approximate surface area is 139 Å². The van der Waals surface area contributed by atoms with Crippen molar-refractivity contribution in [2.75, 3.05) is 13.1 Å². The molecule has 0 aromatic carbocycles. The second kappa shape index (κ2) is 6.77. The maximum absolute atomic E-state index is 12.5. The lowest BCUT2D eigenvalue weighted by Crippen LogP contribution is -2.29. The highest BCUT2D eigenvalue weighted by Crippen LogP contribution is 2.26. The van der Waals surface area contributed by atoms with E-state index in [1.165, 1.54) is 13.1 Å². The first-order valence-electron chi connectivity index (χ1n) is 7.89. The Morgan fingerprint density at radius 3 is 2.83 bits per heavy atom. The number of likely N-dealkylation sites (tertiary alicyclic amines) is 1. The SMILES string of the molecule is CC(=O)NCc1cnc(C2CCN(C(=O)c3cnc(C)cn3)C2)[nH]1. The number of amides is 2. The van der Waals surface area contributed by atoms with Crippen LogP contribution in [0.3, 0.4) is 0 Å². The van der Waals surface area contributed by atoms with Crippen molar-refractivity contribution in [3.05, 3.63) is 41.5 Å². The number of nitrogens with zero attached hydrogens (tertiary/aromatic N) is 4. The summed E-state index contributed by atoms with van der Waals surface area (Å²) in [5.41, 5.74) is 2.01. The lowest BCUT2D eigenvalue weighted by Gasteiger charge is -2.15. The zero-order valence-corrected chi connectivity index (χ0v) is 13.7. The standard InChI is InChI=1S/C16H20N6O2/c1-10-5-19-14(8-17-10)16(24)22-4-3-12(9-22)15-20-7-13(21-15)6-18-11(2)23/h5,7-8,12H,3-4,6,9H2,1-2H3,(H,18,23)(H,20,21). The fraction of sp³-hybridized carbons (Fsp3) is 0.438. The Bertz CT molecular complexity index is 739. The Hall–Kier alpha value is -2.77. The summed E-state index contributed by atoms with van der Waals surface area (Å²) in [6.07, 6.45) is 5.68. The highest BCUT2D eigenvalue weighted by molar-refractivity contribution is 5.92. The largest absolute Gasteiger partial charge is 0.351 e. The van der Waals surface area contributed by atoms with Gasteiger partial charge in [0.25, 0.3) is 5.91 Å². The summed E-state index contributed by atoms with van der Waals surface area (Å²) in [7, 11) is 0. The van der Waals surface area contributed by atoms with Gasteiger partial charge in [-0.2, -0.15) is 0 Å². The maximum atomic E-state index is 12.5. The van der Waals surface area contributed by atoms with E-state index in [2.05, 4.69) is 25.3 Å². The second-order valence-electron chi connectivity index (χ2n) is 5.98. The zero-order chi connectivity index (χ0) is 17.1. The van der Waals surface area contributed by atoms with Gasteiger partial charge in [0.2, 0.25) is 5.91 Å². The molecule has 2 aromatic heterocycles. The number of hydrogen-bond donors (Lipinski definition) is 2. The topological polar surface area (TPSA) is 104 Å². The summed E-state index contributed by atoms with van der Waals surface area (Å²) < 4.78 is 0. The van der Waals surface area contributed by atoms with Gasteiger partial charge in [-0.15, -0.1) is 0 Å². The Morgan fingerprint density at radius 2 is 2.12 bits per heavy atom. The molecule has 1 fully saturated rings. The number of rotatable bonds is 4. The van der Waals surface area contributed by atoms with Crippen LogP contribution in [0.5, 0.6) is 0 Å². The van der Waals surface area contributed by atoms with E-state index in [9.17, 15) is 9.59 Å². The van der Waals surface area contributed by atoms with E-state index in [-0.39, 0.29) is 17.7 Å². The van der Waals surface area contributed by atoms with Crippen molar-refractivity contribution < 1.29 is 9.59 Å². The molecule has 2 N–H and O–H groups in total. The summed E-state index contributed by atoms with van der Waals surface area (Å²) in [6.45, 7) is 5.01. The van der Waals surface area contributed by atoms with Gasteiger partial charge < -0.3 is 15.2 Å². The average Bonchev–Trinajstić information content (AvgIpc) is 3.22. The summed E-state index contributed by atoms with van der Waals surface area (Å²) in [6, 6.07) is 0. The normalized spacial score (nSPS) is 17.1. The van der Waals surface area contributed by atoms with E-state index in [1.54, 1.807) is 17.3 Å².